The van der Waals surface area contributed by atoms with Crippen molar-refractivity contribution in [2.45, 2.75) is 43.2 Å². The molecule has 0 aliphatic heterocycles. The van der Waals surface area contributed by atoms with E-state index in [-0.39, 0.29) is 6.42 Å². The predicted molar refractivity (Wildman–Crippen MR) is 87.7 cm³/mol. The molecule has 0 bridgehead atoms. The average molecular weight is 423 g/mol. The number of rotatable bonds is 6. The standard InChI is InChI=1S/C18H15F6NO2S/c1-2-12(9-3-5-10(19)6-4-9)25(11-7-8-11)28(26,27)18-16(23)14(21)13(20)15(22)17(18)24/h3-6,11-12H,2,7-8H2,1H3. The van der Waals surface area contributed by atoms with Gasteiger partial charge in [0.1, 0.15) is 5.82 Å². The Bertz CT molecular complexity index is 977. The summed E-state index contributed by atoms with van der Waals surface area (Å²) in [6.45, 7) is 1.59. The molecule has 3 rings (SSSR count). The first-order chi connectivity index (χ1) is 13.1. The van der Waals surface area contributed by atoms with Gasteiger partial charge in [0.25, 0.3) is 0 Å². The third kappa shape index (κ3) is 3.39. The highest BCUT2D eigenvalue weighted by atomic mass is 32.2. The Hall–Kier alpha value is -2.07. The van der Waals surface area contributed by atoms with Crippen LogP contribution in [0.1, 0.15) is 37.8 Å². The third-order valence-electron chi connectivity index (χ3n) is 4.56. The number of nitrogens with zero attached hydrogens (tertiary/aromatic N) is 1. The van der Waals surface area contributed by atoms with Crippen LogP contribution in [-0.2, 0) is 10.0 Å². The maximum absolute atomic E-state index is 14.2. The summed E-state index contributed by atoms with van der Waals surface area (Å²) in [5.41, 5.74) is 0.336. The van der Waals surface area contributed by atoms with E-state index in [9.17, 15) is 34.8 Å². The van der Waals surface area contributed by atoms with Gasteiger partial charge in [-0.25, -0.2) is 34.8 Å². The Labute approximate surface area is 157 Å². The van der Waals surface area contributed by atoms with Crippen LogP contribution in [0.5, 0.6) is 0 Å². The lowest BCUT2D eigenvalue weighted by Gasteiger charge is -2.31. The Morgan fingerprint density at radius 3 is 1.79 bits per heavy atom. The van der Waals surface area contributed by atoms with Gasteiger partial charge in [-0.1, -0.05) is 19.1 Å². The lowest BCUT2D eigenvalue weighted by molar-refractivity contribution is 0.299. The Morgan fingerprint density at radius 2 is 1.36 bits per heavy atom. The summed E-state index contributed by atoms with van der Waals surface area (Å²) < 4.78 is 109. The van der Waals surface area contributed by atoms with E-state index in [2.05, 4.69) is 0 Å². The van der Waals surface area contributed by atoms with Crippen LogP contribution in [0.25, 0.3) is 0 Å². The van der Waals surface area contributed by atoms with Gasteiger partial charge < -0.3 is 0 Å². The van der Waals surface area contributed by atoms with Gasteiger partial charge in [0, 0.05) is 6.04 Å². The molecule has 2 aromatic carbocycles. The molecule has 1 saturated carbocycles. The minimum Gasteiger partial charge on any atom is -0.207 e. The number of sulfonamides is 1. The molecule has 10 heteroatoms. The molecule has 0 spiro atoms. The molecule has 0 N–H and O–H groups in total. The average Bonchev–Trinajstić information content (AvgIpc) is 3.48. The van der Waals surface area contributed by atoms with Gasteiger partial charge >= 0.3 is 0 Å². The first-order valence-electron chi connectivity index (χ1n) is 8.41. The molecular weight excluding hydrogens is 408 g/mol. The zero-order valence-corrected chi connectivity index (χ0v) is 15.3. The second kappa shape index (κ2) is 7.40. The van der Waals surface area contributed by atoms with Crippen LogP contribution in [-0.4, -0.2) is 18.8 Å². The Balaban J connectivity index is 2.19. The lowest BCUT2D eigenvalue weighted by atomic mass is 10.0. The van der Waals surface area contributed by atoms with E-state index >= 15 is 0 Å². The maximum atomic E-state index is 14.2. The summed E-state index contributed by atoms with van der Waals surface area (Å²) in [6, 6.07) is 3.19. The molecule has 0 aromatic heterocycles. The van der Waals surface area contributed by atoms with Crippen LogP contribution in [0.15, 0.2) is 29.2 Å². The molecule has 1 aliphatic rings. The van der Waals surface area contributed by atoms with Crippen LogP contribution in [0.3, 0.4) is 0 Å². The summed E-state index contributed by atoms with van der Waals surface area (Å²) in [5, 5.41) is 0. The highest BCUT2D eigenvalue weighted by Crippen LogP contribution is 2.42. The molecule has 152 valence electrons. The highest BCUT2D eigenvalue weighted by Gasteiger charge is 2.46. The van der Waals surface area contributed by atoms with E-state index < -0.39 is 61.9 Å². The summed E-state index contributed by atoms with van der Waals surface area (Å²) in [7, 11) is -5.09. The SMILES string of the molecule is CCC(c1ccc(F)cc1)N(C1CC1)S(=O)(=O)c1c(F)c(F)c(F)c(F)c1F. The molecule has 1 aliphatic carbocycles. The van der Waals surface area contributed by atoms with Crippen molar-refractivity contribution in [3.8, 4) is 0 Å². The Kier molecular flexibility index (Phi) is 5.46. The highest BCUT2D eigenvalue weighted by molar-refractivity contribution is 7.89. The van der Waals surface area contributed by atoms with Crippen LogP contribution < -0.4 is 0 Å². The van der Waals surface area contributed by atoms with Gasteiger partial charge in [-0.05, 0) is 37.0 Å². The number of benzene rings is 2. The van der Waals surface area contributed by atoms with Crippen molar-refractivity contribution in [1.82, 2.24) is 4.31 Å². The molecule has 2 aromatic rings. The summed E-state index contributed by atoms with van der Waals surface area (Å²) in [6.07, 6.45) is 0.870. The minimum absolute atomic E-state index is 0.136. The van der Waals surface area contributed by atoms with Crippen LogP contribution in [0.4, 0.5) is 26.3 Å². The molecule has 0 saturated heterocycles. The van der Waals surface area contributed by atoms with Crippen molar-refractivity contribution in [3.05, 3.63) is 64.7 Å². The lowest BCUT2D eigenvalue weighted by Crippen LogP contribution is -2.38. The zero-order chi connectivity index (χ0) is 20.8. The van der Waals surface area contributed by atoms with Crippen LogP contribution in [0, 0.1) is 34.9 Å². The summed E-state index contributed by atoms with van der Waals surface area (Å²) in [4.78, 5) is -1.88. The molecule has 1 unspecified atom stereocenters. The van der Waals surface area contributed by atoms with Gasteiger partial charge in [-0.3, -0.25) is 0 Å². The van der Waals surface area contributed by atoms with E-state index in [4.69, 9.17) is 0 Å². The fraction of sp³-hybridized carbons (Fsp3) is 0.333. The summed E-state index contributed by atoms with van der Waals surface area (Å²) >= 11 is 0. The van der Waals surface area contributed by atoms with Gasteiger partial charge in [0.05, 0.1) is 6.04 Å². The van der Waals surface area contributed by atoms with Gasteiger partial charge in [0.2, 0.25) is 15.8 Å². The fourth-order valence-electron chi connectivity index (χ4n) is 3.11. The number of hydrogen-bond acceptors (Lipinski definition) is 2. The molecular formula is C18H15F6NO2S. The zero-order valence-electron chi connectivity index (χ0n) is 14.5. The first-order valence-corrected chi connectivity index (χ1v) is 9.85. The molecule has 1 fully saturated rings. The van der Waals surface area contributed by atoms with Crippen molar-refractivity contribution in [3.63, 3.8) is 0 Å². The predicted octanol–water partition coefficient (Wildman–Crippen LogP) is 4.83. The molecule has 3 nitrogen and oxygen atoms in total. The molecule has 1 atom stereocenters. The van der Waals surface area contributed by atoms with Crippen molar-refractivity contribution in [1.29, 1.82) is 0 Å². The Morgan fingerprint density at radius 1 is 0.893 bits per heavy atom. The fourth-order valence-corrected chi connectivity index (χ4v) is 5.16. The quantitative estimate of drug-likeness (QED) is 0.379. The van der Waals surface area contributed by atoms with Crippen molar-refractivity contribution in [2.24, 2.45) is 0 Å². The van der Waals surface area contributed by atoms with Crippen molar-refractivity contribution in [2.75, 3.05) is 0 Å². The van der Waals surface area contributed by atoms with Crippen molar-refractivity contribution >= 4 is 10.0 Å². The monoisotopic (exact) mass is 423 g/mol. The first kappa shape index (κ1) is 20.7. The molecule has 28 heavy (non-hydrogen) atoms. The van der Waals surface area contributed by atoms with E-state index in [1.165, 1.54) is 12.1 Å². The smallest absolute Gasteiger partial charge is 0.207 e. The van der Waals surface area contributed by atoms with E-state index in [0.717, 1.165) is 16.4 Å². The third-order valence-corrected chi connectivity index (χ3v) is 6.54. The van der Waals surface area contributed by atoms with E-state index in [0.29, 0.717) is 18.4 Å². The molecule has 0 amide bonds. The maximum Gasteiger partial charge on any atom is 0.249 e. The van der Waals surface area contributed by atoms with Crippen LogP contribution >= 0.6 is 0 Å². The van der Waals surface area contributed by atoms with Crippen LogP contribution in [0.2, 0.25) is 0 Å². The second-order valence-electron chi connectivity index (χ2n) is 6.44. The topological polar surface area (TPSA) is 37.4 Å². The van der Waals surface area contributed by atoms with E-state index in [1.54, 1.807) is 6.92 Å². The normalized spacial score (nSPS) is 15.9. The van der Waals surface area contributed by atoms with Gasteiger partial charge in [0.15, 0.2) is 28.2 Å². The minimum atomic E-state index is -5.09. The van der Waals surface area contributed by atoms with E-state index in [1.807, 2.05) is 0 Å². The molecule has 0 radical (unpaired) electrons. The number of hydrogen-bond donors (Lipinski definition) is 0. The second-order valence-corrected chi connectivity index (χ2v) is 8.22. The van der Waals surface area contributed by atoms with Gasteiger partial charge in [-0.2, -0.15) is 4.31 Å². The summed E-state index contributed by atoms with van der Waals surface area (Å²) in [5.74, 6) is -12.5. The largest absolute Gasteiger partial charge is 0.249 e. The molecule has 0 heterocycles. The van der Waals surface area contributed by atoms with Gasteiger partial charge in [-0.15, -0.1) is 0 Å². The van der Waals surface area contributed by atoms with Crippen molar-refractivity contribution < 1.29 is 34.8 Å². The number of halogens is 6.